The SMILES string of the molecule is Cc1cc(Cl)nc(Cl)c1NC(=O)CC(N)c1ccccc1. The zero-order valence-corrected chi connectivity index (χ0v) is 12.9. The second-order valence-electron chi connectivity index (χ2n) is 4.70. The number of aryl methyl sites for hydroxylation is 1. The highest BCUT2D eigenvalue weighted by atomic mass is 35.5. The van der Waals surface area contributed by atoms with Crippen molar-refractivity contribution < 1.29 is 4.79 Å². The van der Waals surface area contributed by atoms with Crippen LogP contribution in [0.25, 0.3) is 0 Å². The van der Waals surface area contributed by atoms with Gasteiger partial charge >= 0.3 is 0 Å². The summed E-state index contributed by atoms with van der Waals surface area (Å²) >= 11 is 11.8. The van der Waals surface area contributed by atoms with Gasteiger partial charge in [-0.15, -0.1) is 0 Å². The number of carbonyl (C=O) groups is 1. The van der Waals surface area contributed by atoms with E-state index in [0.29, 0.717) is 5.69 Å². The van der Waals surface area contributed by atoms with Gasteiger partial charge in [0.15, 0.2) is 5.15 Å². The van der Waals surface area contributed by atoms with Crippen LogP contribution in [0.3, 0.4) is 0 Å². The molecule has 0 fully saturated rings. The van der Waals surface area contributed by atoms with Crippen LogP contribution in [-0.4, -0.2) is 10.9 Å². The fraction of sp³-hybridized carbons (Fsp3) is 0.200. The summed E-state index contributed by atoms with van der Waals surface area (Å²) in [7, 11) is 0. The van der Waals surface area contributed by atoms with Crippen LogP contribution in [0.15, 0.2) is 36.4 Å². The molecule has 1 unspecified atom stereocenters. The first-order chi connectivity index (χ1) is 9.97. The van der Waals surface area contributed by atoms with Crippen molar-refractivity contribution >= 4 is 34.8 Å². The summed E-state index contributed by atoms with van der Waals surface area (Å²) in [6, 6.07) is 10.7. The van der Waals surface area contributed by atoms with Crippen molar-refractivity contribution in [2.75, 3.05) is 5.32 Å². The van der Waals surface area contributed by atoms with Crippen LogP contribution in [0, 0.1) is 6.92 Å². The van der Waals surface area contributed by atoms with Crippen LogP contribution < -0.4 is 11.1 Å². The van der Waals surface area contributed by atoms with Gasteiger partial charge in [-0.25, -0.2) is 4.98 Å². The van der Waals surface area contributed by atoms with Gasteiger partial charge in [0.2, 0.25) is 5.91 Å². The number of nitrogens with zero attached hydrogens (tertiary/aromatic N) is 1. The summed E-state index contributed by atoms with van der Waals surface area (Å²) in [5.41, 5.74) is 8.14. The predicted octanol–water partition coefficient (Wildman–Crippen LogP) is 3.73. The molecule has 6 heteroatoms. The van der Waals surface area contributed by atoms with Crippen molar-refractivity contribution in [2.24, 2.45) is 5.73 Å². The zero-order chi connectivity index (χ0) is 15.4. The van der Waals surface area contributed by atoms with Gasteiger partial charge in [-0.05, 0) is 24.1 Å². The topological polar surface area (TPSA) is 68.0 Å². The molecule has 1 aromatic carbocycles. The molecule has 1 amide bonds. The number of nitrogens with one attached hydrogen (secondary N) is 1. The number of pyridine rings is 1. The largest absolute Gasteiger partial charge is 0.324 e. The third-order valence-corrected chi connectivity index (χ3v) is 3.51. The Labute approximate surface area is 133 Å². The lowest BCUT2D eigenvalue weighted by Crippen LogP contribution is -2.21. The summed E-state index contributed by atoms with van der Waals surface area (Å²) in [6.45, 7) is 1.80. The molecule has 1 atom stereocenters. The molecule has 110 valence electrons. The number of anilines is 1. The molecule has 2 rings (SSSR count). The molecule has 1 heterocycles. The Hall–Kier alpha value is -1.62. The monoisotopic (exact) mass is 323 g/mol. The molecule has 0 radical (unpaired) electrons. The number of benzene rings is 1. The van der Waals surface area contributed by atoms with E-state index >= 15 is 0 Å². The Balaban J connectivity index is 2.06. The van der Waals surface area contributed by atoms with Gasteiger partial charge in [-0.2, -0.15) is 0 Å². The van der Waals surface area contributed by atoms with E-state index in [1.165, 1.54) is 0 Å². The van der Waals surface area contributed by atoms with Crippen molar-refractivity contribution in [3.63, 3.8) is 0 Å². The molecule has 4 nitrogen and oxygen atoms in total. The summed E-state index contributed by atoms with van der Waals surface area (Å²) in [5, 5.41) is 3.19. The van der Waals surface area contributed by atoms with Gasteiger partial charge in [0.1, 0.15) is 5.15 Å². The van der Waals surface area contributed by atoms with E-state index in [9.17, 15) is 4.79 Å². The maximum atomic E-state index is 12.1. The van der Waals surface area contributed by atoms with Crippen molar-refractivity contribution in [3.8, 4) is 0 Å². The fourth-order valence-corrected chi connectivity index (χ4v) is 2.53. The van der Waals surface area contributed by atoms with Crippen molar-refractivity contribution in [1.82, 2.24) is 4.98 Å². The standard InChI is InChI=1S/C15H15Cl2N3O/c1-9-7-12(16)19-15(17)14(9)20-13(21)8-11(18)10-5-3-2-4-6-10/h2-7,11H,8,18H2,1H3,(H,20,21). The van der Waals surface area contributed by atoms with Crippen LogP contribution in [0.5, 0.6) is 0 Å². The molecular formula is C15H15Cl2N3O. The summed E-state index contributed by atoms with van der Waals surface area (Å²) in [6.07, 6.45) is 0.155. The van der Waals surface area contributed by atoms with Gasteiger partial charge in [0, 0.05) is 12.5 Å². The molecular weight excluding hydrogens is 309 g/mol. The van der Waals surface area contributed by atoms with Crippen molar-refractivity contribution in [2.45, 2.75) is 19.4 Å². The highest BCUT2D eigenvalue weighted by Gasteiger charge is 2.15. The molecule has 0 aliphatic carbocycles. The minimum absolute atomic E-state index is 0.155. The van der Waals surface area contributed by atoms with Crippen LogP contribution in [0.1, 0.15) is 23.6 Å². The normalized spacial score (nSPS) is 12.0. The maximum absolute atomic E-state index is 12.1. The molecule has 0 saturated heterocycles. The van der Waals surface area contributed by atoms with E-state index in [4.69, 9.17) is 28.9 Å². The second kappa shape index (κ2) is 6.89. The van der Waals surface area contributed by atoms with Crippen molar-refractivity contribution in [3.05, 3.63) is 57.8 Å². The summed E-state index contributed by atoms with van der Waals surface area (Å²) < 4.78 is 0. The molecule has 3 N–H and O–H groups in total. The lowest BCUT2D eigenvalue weighted by molar-refractivity contribution is -0.116. The lowest BCUT2D eigenvalue weighted by Gasteiger charge is -2.14. The van der Waals surface area contributed by atoms with Crippen molar-refractivity contribution in [1.29, 1.82) is 0 Å². The number of halogens is 2. The number of amides is 1. The first kappa shape index (κ1) is 15.8. The summed E-state index contributed by atoms with van der Waals surface area (Å²) in [4.78, 5) is 16.0. The molecule has 0 aliphatic rings. The third kappa shape index (κ3) is 4.17. The van der Waals surface area contributed by atoms with E-state index in [1.807, 2.05) is 30.3 Å². The molecule has 2 aromatic rings. The number of rotatable bonds is 4. The Kier molecular flexibility index (Phi) is 5.17. The Morgan fingerprint density at radius 3 is 2.62 bits per heavy atom. The minimum atomic E-state index is -0.370. The van der Waals surface area contributed by atoms with E-state index < -0.39 is 0 Å². The van der Waals surface area contributed by atoms with Crippen LogP contribution in [-0.2, 0) is 4.79 Å². The highest BCUT2D eigenvalue weighted by molar-refractivity contribution is 6.34. The molecule has 0 saturated carbocycles. The number of nitrogens with two attached hydrogens (primary N) is 1. The fourth-order valence-electron chi connectivity index (χ4n) is 1.95. The Morgan fingerprint density at radius 2 is 2.00 bits per heavy atom. The molecule has 1 aromatic heterocycles. The number of carbonyl (C=O) groups excluding carboxylic acids is 1. The average molecular weight is 324 g/mol. The van der Waals surface area contributed by atoms with Gasteiger partial charge in [0.05, 0.1) is 5.69 Å². The lowest BCUT2D eigenvalue weighted by atomic mass is 10.0. The van der Waals surface area contributed by atoms with Gasteiger partial charge in [-0.1, -0.05) is 53.5 Å². The molecule has 0 spiro atoms. The van der Waals surface area contributed by atoms with E-state index in [-0.39, 0.29) is 28.7 Å². The van der Waals surface area contributed by atoms with Gasteiger partial charge in [0.25, 0.3) is 0 Å². The number of hydrogen-bond donors (Lipinski definition) is 2. The molecule has 0 bridgehead atoms. The van der Waals surface area contributed by atoms with Crippen LogP contribution in [0.4, 0.5) is 5.69 Å². The van der Waals surface area contributed by atoms with E-state index in [2.05, 4.69) is 10.3 Å². The van der Waals surface area contributed by atoms with Crippen LogP contribution >= 0.6 is 23.2 Å². The highest BCUT2D eigenvalue weighted by Crippen LogP contribution is 2.27. The maximum Gasteiger partial charge on any atom is 0.226 e. The smallest absolute Gasteiger partial charge is 0.226 e. The Bertz CT molecular complexity index is 624. The van der Waals surface area contributed by atoms with E-state index in [0.717, 1.165) is 11.1 Å². The quantitative estimate of drug-likeness (QED) is 0.842. The first-order valence-corrected chi connectivity index (χ1v) is 7.16. The van der Waals surface area contributed by atoms with Gasteiger partial charge in [-0.3, -0.25) is 4.79 Å². The average Bonchev–Trinajstić information content (AvgIpc) is 2.43. The number of aromatic nitrogens is 1. The Morgan fingerprint density at radius 1 is 1.33 bits per heavy atom. The third-order valence-electron chi connectivity index (χ3n) is 3.04. The second-order valence-corrected chi connectivity index (χ2v) is 5.44. The first-order valence-electron chi connectivity index (χ1n) is 6.40. The zero-order valence-electron chi connectivity index (χ0n) is 11.4. The number of hydrogen-bond acceptors (Lipinski definition) is 3. The molecule has 0 aliphatic heterocycles. The minimum Gasteiger partial charge on any atom is -0.324 e. The van der Waals surface area contributed by atoms with Crippen LogP contribution in [0.2, 0.25) is 10.3 Å². The van der Waals surface area contributed by atoms with E-state index in [1.54, 1.807) is 13.0 Å². The van der Waals surface area contributed by atoms with Gasteiger partial charge < -0.3 is 11.1 Å². The predicted molar refractivity (Wildman–Crippen MR) is 85.6 cm³/mol. The summed E-state index contributed by atoms with van der Waals surface area (Å²) in [5.74, 6) is -0.222. The molecule has 21 heavy (non-hydrogen) atoms.